The third-order valence-electron chi connectivity index (χ3n) is 3.24. The van der Waals surface area contributed by atoms with E-state index in [0.29, 0.717) is 5.56 Å². The molecule has 1 heteroatoms. The molecule has 102 valence electrons. The molecule has 0 aromatic heterocycles. The van der Waals surface area contributed by atoms with E-state index in [1.165, 1.54) is 11.1 Å². The van der Waals surface area contributed by atoms with Crippen molar-refractivity contribution in [2.75, 3.05) is 0 Å². The lowest BCUT2D eigenvalue weighted by atomic mass is 9.95. The van der Waals surface area contributed by atoms with Crippen molar-refractivity contribution >= 4 is 5.57 Å². The van der Waals surface area contributed by atoms with Crippen molar-refractivity contribution in [1.29, 1.82) is 0 Å². The van der Waals surface area contributed by atoms with Gasteiger partial charge in [0.05, 0.1) is 0 Å². The molecule has 0 amide bonds. The minimum absolute atomic E-state index is 0.679. The van der Waals surface area contributed by atoms with Crippen molar-refractivity contribution in [3.8, 4) is 0 Å². The molecule has 0 saturated heterocycles. The topological polar surface area (TPSA) is 0 Å². The van der Waals surface area contributed by atoms with Gasteiger partial charge in [-0.25, -0.2) is 4.39 Å². The summed E-state index contributed by atoms with van der Waals surface area (Å²) in [6.07, 6.45) is 4.03. The predicted molar refractivity (Wildman–Crippen MR) is 82.8 cm³/mol. The maximum absolute atomic E-state index is 13.9. The first-order chi connectivity index (χ1) is 8.71. The van der Waals surface area contributed by atoms with Gasteiger partial charge in [-0.05, 0) is 57.4 Å². The molecular formula is C18H23F. The third kappa shape index (κ3) is 4.51. The Hall–Kier alpha value is -1.63. The number of allylic oxidation sites excluding steroid dienone is 5. The zero-order chi connectivity index (χ0) is 14.6. The van der Waals surface area contributed by atoms with Crippen LogP contribution in [0.1, 0.15) is 45.7 Å². The van der Waals surface area contributed by atoms with Crippen molar-refractivity contribution in [2.24, 2.45) is 0 Å². The van der Waals surface area contributed by atoms with Gasteiger partial charge in [-0.15, -0.1) is 0 Å². The van der Waals surface area contributed by atoms with Crippen LogP contribution in [0.5, 0.6) is 0 Å². The summed E-state index contributed by atoms with van der Waals surface area (Å²) in [6, 6.07) is 7.50. The molecule has 0 saturated carbocycles. The molecule has 0 heterocycles. The Morgan fingerprint density at radius 1 is 1.16 bits per heavy atom. The van der Waals surface area contributed by atoms with Gasteiger partial charge < -0.3 is 0 Å². The van der Waals surface area contributed by atoms with Crippen molar-refractivity contribution in [3.63, 3.8) is 0 Å². The number of alkyl halides is 1. The molecule has 19 heavy (non-hydrogen) atoms. The number of halogens is 1. The summed E-state index contributed by atoms with van der Waals surface area (Å²) in [7, 11) is 0. The molecule has 0 unspecified atom stereocenters. The second kappa shape index (κ2) is 6.01. The van der Waals surface area contributed by atoms with Gasteiger partial charge in [-0.3, -0.25) is 0 Å². The minimum atomic E-state index is -1.32. The first-order valence-electron chi connectivity index (χ1n) is 6.52. The molecule has 0 spiro atoms. The molecule has 0 aliphatic rings. The van der Waals surface area contributed by atoms with Gasteiger partial charge in [-0.2, -0.15) is 0 Å². The van der Waals surface area contributed by atoms with Gasteiger partial charge >= 0.3 is 0 Å². The molecule has 0 fully saturated rings. The van der Waals surface area contributed by atoms with Crippen LogP contribution < -0.4 is 0 Å². The highest BCUT2D eigenvalue weighted by molar-refractivity contribution is 5.73. The van der Waals surface area contributed by atoms with Gasteiger partial charge in [-0.1, -0.05) is 48.1 Å². The molecule has 0 aliphatic heterocycles. The Morgan fingerprint density at radius 2 is 1.79 bits per heavy atom. The van der Waals surface area contributed by atoms with Crippen LogP contribution in [-0.2, 0) is 5.67 Å². The number of rotatable bonds is 4. The van der Waals surface area contributed by atoms with Crippen molar-refractivity contribution in [2.45, 2.75) is 40.3 Å². The molecule has 1 aromatic carbocycles. The van der Waals surface area contributed by atoms with Gasteiger partial charge in [0.25, 0.3) is 0 Å². The van der Waals surface area contributed by atoms with Crippen LogP contribution >= 0.6 is 0 Å². The lowest BCUT2D eigenvalue weighted by Gasteiger charge is -2.15. The Bertz CT molecular complexity index is 521. The molecule has 1 rings (SSSR count). The van der Waals surface area contributed by atoms with Crippen LogP contribution in [0, 0.1) is 0 Å². The fourth-order valence-corrected chi connectivity index (χ4v) is 1.58. The summed E-state index contributed by atoms with van der Waals surface area (Å²) in [5.74, 6) is 0. The van der Waals surface area contributed by atoms with Gasteiger partial charge in [0, 0.05) is 0 Å². The van der Waals surface area contributed by atoms with Crippen molar-refractivity contribution in [1.82, 2.24) is 0 Å². The van der Waals surface area contributed by atoms with E-state index in [0.717, 1.165) is 11.1 Å². The fraction of sp³-hybridized carbons (Fsp3) is 0.333. The van der Waals surface area contributed by atoms with E-state index in [4.69, 9.17) is 0 Å². The monoisotopic (exact) mass is 258 g/mol. The smallest absolute Gasteiger partial charge is 0.130 e. The molecule has 0 atom stereocenters. The van der Waals surface area contributed by atoms with Crippen molar-refractivity contribution in [3.05, 3.63) is 65.3 Å². The Labute approximate surface area is 116 Å². The average Bonchev–Trinajstić information content (AvgIpc) is 2.34. The van der Waals surface area contributed by atoms with E-state index >= 15 is 0 Å². The van der Waals surface area contributed by atoms with Crippen LogP contribution in [0.3, 0.4) is 0 Å². The zero-order valence-corrected chi connectivity index (χ0v) is 12.5. The molecular weight excluding hydrogens is 235 g/mol. The average molecular weight is 258 g/mol. The molecule has 0 aliphatic carbocycles. The Balaban J connectivity index is 2.99. The van der Waals surface area contributed by atoms with Crippen LogP contribution in [0.4, 0.5) is 4.39 Å². The van der Waals surface area contributed by atoms with E-state index in [-0.39, 0.29) is 0 Å². The summed E-state index contributed by atoms with van der Waals surface area (Å²) >= 11 is 0. The Kier molecular flexibility index (Phi) is 4.88. The van der Waals surface area contributed by atoms with Crippen molar-refractivity contribution < 1.29 is 4.39 Å². The first kappa shape index (κ1) is 15.4. The van der Waals surface area contributed by atoms with E-state index in [1.807, 2.05) is 36.4 Å². The Morgan fingerprint density at radius 3 is 2.32 bits per heavy atom. The normalized spacial score (nSPS) is 11.7. The van der Waals surface area contributed by atoms with Crippen LogP contribution in [0.15, 0.2) is 54.1 Å². The van der Waals surface area contributed by atoms with E-state index in [1.54, 1.807) is 13.8 Å². The second-order valence-corrected chi connectivity index (χ2v) is 5.59. The maximum Gasteiger partial charge on any atom is 0.130 e. The van der Waals surface area contributed by atoms with E-state index in [9.17, 15) is 4.39 Å². The quantitative estimate of drug-likeness (QED) is 0.597. The maximum atomic E-state index is 13.9. The fourth-order valence-electron chi connectivity index (χ4n) is 1.58. The zero-order valence-electron chi connectivity index (χ0n) is 12.5. The number of hydrogen-bond donors (Lipinski definition) is 0. The standard InChI is InChI=1S/C18H23F/c1-13(2)14(3)10-11-15(4)16-8-7-9-17(12-16)18(5,6)19/h7-12H,4H2,1-3,5-6H3/b11-10-. The molecule has 0 N–H and O–H groups in total. The molecule has 1 aromatic rings. The van der Waals surface area contributed by atoms with Gasteiger partial charge in [0.2, 0.25) is 0 Å². The summed E-state index contributed by atoms with van der Waals surface area (Å²) in [5, 5.41) is 0. The highest BCUT2D eigenvalue weighted by Crippen LogP contribution is 2.27. The molecule has 0 bridgehead atoms. The van der Waals surface area contributed by atoms with Crippen LogP contribution in [-0.4, -0.2) is 0 Å². The third-order valence-corrected chi connectivity index (χ3v) is 3.24. The SMILES string of the molecule is C=C(/C=C\C(C)=C(C)C)c1cccc(C(C)(C)F)c1. The van der Waals surface area contributed by atoms with Gasteiger partial charge in [0.15, 0.2) is 0 Å². The van der Waals surface area contributed by atoms with E-state index < -0.39 is 5.67 Å². The first-order valence-corrected chi connectivity index (χ1v) is 6.52. The number of benzene rings is 1. The number of hydrogen-bond acceptors (Lipinski definition) is 0. The van der Waals surface area contributed by atoms with Crippen LogP contribution in [0.2, 0.25) is 0 Å². The van der Waals surface area contributed by atoms with Gasteiger partial charge in [0.1, 0.15) is 5.67 Å². The lowest BCUT2D eigenvalue weighted by molar-refractivity contribution is 0.221. The minimum Gasteiger partial charge on any atom is -0.239 e. The predicted octanol–water partition coefficient (Wildman–Crippen LogP) is 5.82. The summed E-state index contributed by atoms with van der Waals surface area (Å²) in [5.41, 5.74) is 3.72. The summed E-state index contributed by atoms with van der Waals surface area (Å²) < 4.78 is 13.9. The molecule has 0 nitrogen and oxygen atoms in total. The largest absolute Gasteiger partial charge is 0.239 e. The second-order valence-electron chi connectivity index (χ2n) is 5.59. The van der Waals surface area contributed by atoms with Crippen LogP contribution in [0.25, 0.3) is 5.57 Å². The highest BCUT2D eigenvalue weighted by atomic mass is 19.1. The molecule has 0 radical (unpaired) electrons. The summed E-state index contributed by atoms with van der Waals surface area (Å²) in [4.78, 5) is 0. The summed E-state index contributed by atoms with van der Waals surface area (Å²) in [6.45, 7) is 13.4. The highest BCUT2D eigenvalue weighted by Gasteiger charge is 2.18. The lowest BCUT2D eigenvalue weighted by Crippen LogP contribution is -2.08. The van der Waals surface area contributed by atoms with E-state index in [2.05, 4.69) is 27.4 Å².